The van der Waals surface area contributed by atoms with Crippen molar-refractivity contribution in [2.45, 2.75) is 15.7 Å². The number of nitrogens with zero attached hydrogens (tertiary/aromatic N) is 4. The van der Waals surface area contributed by atoms with Crippen molar-refractivity contribution in [2.24, 2.45) is 0 Å². The summed E-state index contributed by atoms with van der Waals surface area (Å²) < 4.78 is 25.1. The van der Waals surface area contributed by atoms with Gasteiger partial charge in [0.15, 0.2) is 0 Å². The van der Waals surface area contributed by atoms with Crippen LogP contribution in [0.15, 0.2) is 64.4 Å². The standard InChI is InChI=1S/C41H40N4O8S2/c1-42(2)21-16-23-28(36(54-9)34-32(40(48)52-7)30(38(46)50-5)25(18-21)44(23)34)27(20-14-12-11-13-15-20)29-24-17-22(43(3)4)19-26-31(39(47)51-6)33(41(49)53-8)35(45(24)26)37(29)55-10/h11-19,27H,1-10H3. The number of anilines is 2. The van der Waals surface area contributed by atoms with Gasteiger partial charge in [-0.05, 0) is 42.3 Å². The molecule has 7 rings (SSSR count). The van der Waals surface area contributed by atoms with Gasteiger partial charge in [0.2, 0.25) is 0 Å². The minimum Gasteiger partial charge on any atom is -0.465 e. The molecule has 0 saturated carbocycles. The molecule has 0 bridgehead atoms. The van der Waals surface area contributed by atoms with Crippen LogP contribution in [0.25, 0.3) is 33.1 Å². The lowest BCUT2D eigenvalue weighted by atomic mass is 9.85. The van der Waals surface area contributed by atoms with Gasteiger partial charge in [-0.25, -0.2) is 19.2 Å². The minimum absolute atomic E-state index is 0.113. The Balaban J connectivity index is 1.76. The zero-order chi connectivity index (χ0) is 39.6. The normalized spacial score (nSPS) is 11.7. The zero-order valence-corrected chi connectivity index (χ0v) is 33.8. The highest BCUT2D eigenvalue weighted by Crippen LogP contribution is 2.53. The highest BCUT2D eigenvalue weighted by molar-refractivity contribution is 7.99. The summed E-state index contributed by atoms with van der Waals surface area (Å²) in [6.45, 7) is 0. The van der Waals surface area contributed by atoms with E-state index in [9.17, 15) is 19.2 Å². The number of hydrogen-bond acceptors (Lipinski definition) is 12. The van der Waals surface area contributed by atoms with E-state index >= 15 is 0 Å². The van der Waals surface area contributed by atoms with Crippen LogP contribution in [0.1, 0.15) is 64.0 Å². The topological polar surface area (TPSA) is 121 Å². The van der Waals surface area contributed by atoms with E-state index < -0.39 is 29.8 Å². The third-order valence-electron chi connectivity index (χ3n) is 10.2. The quantitative estimate of drug-likeness (QED) is 0.0746. The lowest BCUT2D eigenvalue weighted by Crippen LogP contribution is -2.13. The van der Waals surface area contributed by atoms with E-state index in [1.165, 1.54) is 52.0 Å². The summed E-state index contributed by atoms with van der Waals surface area (Å²) in [5.74, 6) is -3.15. The molecule has 0 saturated heterocycles. The molecule has 0 spiro atoms. The molecule has 0 N–H and O–H groups in total. The Labute approximate surface area is 325 Å². The van der Waals surface area contributed by atoms with Gasteiger partial charge in [0, 0.05) is 66.4 Å². The Bertz CT molecular complexity index is 2500. The Hall–Kier alpha value is -5.60. The summed E-state index contributed by atoms with van der Waals surface area (Å²) in [6.07, 6.45) is 3.89. The molecule has 14 heteroatoms. The number of carbonyl (C=O) groups is 4. The molecule has 12 nitrogen and oxygen atoms in total. The first-order valence-electron chi connectivity index (χ1n) is 17.2. The second kappa shape index (κ2) is 14.2. The number of methoxy groups -OCH3 is 4. The maximum Gasteiger partial charge on any atom is 0.341 e. The molecule has 0 fully saturated rings. The first-order chi connectivity index (χ1) is 26.4. The molecule has 0 atom stereocenters. The van der Waals surface area contributed by atoms with Gasteiger partial charge in [-0.3, -0.25) is 0 Å². The van der Waals surface area contributed by atoms with Crippen molar-refractivity contribution >= 4 is 91.9 Å². The van der Waals surface area contributed by atoms with Crippen molar-refractivity contribution in [1.29, 1.82) is 0 Å². The number of carbonyl (C=O) groups excluding carboxylic acids is 4. The summed E-state index contributed by atoms with van der Waals surface area (Å²) in [7, 11) is 12.8. The number of pyridine rings is 2. The van der Waals surface area contributed by atoms with Gasteiger partial charge in [-0.1, -0.05) is 30.3 Å². The largest absolute Gasteiger partial charge is 0.465 e. The van der Waals surface area contributed by atoms with Crippen molar-refractivity contribution in [1.82, 2.24) is 8.80 Å². The van der Waals surface area contributed by atoms with Crippen LogP contribution in [0.3, 0.4) is 0 Å². The van der Waals surface area contributed by atoms with Gasteiger partial charge in [0.05, 0.1) is 61.5 Å². The molecule has 0 unspecified atom stereocenters. The maximum absolute atomic E-state index is 13.8. The minimum atomic E-state index is -0.667. The molecule has 0 radical (unpaired) electrons. The summed E-state index contributed by atoms with van der Waals surface area (Å²) in [5, 5.41) is 0. The number of aromatic nitrogens is 2. The van der Waals surface area contributed by atoms with Crippen LogP contribution in [0.5, 0.6) is 0 Å². The van der Waals surface area contributed by atoms with Gasteiger partial charge < -0.3 is 37.5 Å². The van der Waals surface area contributed by atoms with Crippen LogP contribution in [0, 0.1) is 0 Å². The summed E-state index contributed by atoms with van der Waals surface area (Å²) in [4.78, 5) is 60.1. The molecule has 0 amide bonds. The first-order valence-corrected chi connectivity index (χ1v) is 19.6. The van der Waals surface area contributed by atoms with E-state index in [0.29, 0.717) is 22.1 Å². The number of esters is 4. The fourth-order valence-corrected chi connectivity index (χ4v) is 9.53. The average molecular weight is 781 g/mol. The molecule has 0 aliphatic carbocycles. The highest BCUT2D eigenvalue weighted by atomic mass is 32.2. The van der Waals surface area contributed by atoms with Crippen LogP contribution in [0.4, 0.5) is 11.4 Å². The fourth-order valence-electron chi connectivity index (χ4n) is 7.87. The smallest absolute Gasteiger partial charge is 0.341 e. The van der Waals surface area contributed by atoms with E-state index in [-0.39, 0.29) is 22.3 Å². The third kappa shape index (κ3) is 5.44. The summed E-state index contributed by atoms with van der Waals surface area (Å²) >= 11 is 2.93. The second-order valence-electron chi connectivity index (χ2n) is 13.3. The molecular formula is C41H40N4O8S2. The predicted molar refractivity (Wildman–Crippen MR) is 217 cm³/mol. The molecule has 7 aromatic rings. The average Bonchev–Trinajstić information content (AvgIpc) is 3.92. The highest BCUT2D eigenvalue weighted by Gasteiger charge is 2.40. The number of benzene rings is 1. The van der Waals surface area contributed by atoms with E-state index in [4.69, 9.17) is 18.9 Å². The van der Waals surface area contributed by atoms with Gasteiger partial charge in [0.25, 0.3) is 0 Å². The Morgan fingerprint density at radius 1 is 0.545 bits per heavy atom. The fraction of sp³-hybridized carbons (Fsp3) is 0.268. The third-order valence-corrected chi connectivity index (χ3v) is 11.9. The maximum atomic E-state index is 13.8. The molecule has 284 valence electrons. The molecule has 1 aromatic carbocycles. The molecule has 6 aromatic heterocycles. The van der Waals surface area contributed by atoms with E-state index in [0.717, 1.165) is 48.9 Å². The molecule has 6 heterocycles. The first kappa shape index (κ1) is 37.7. The van der Waals surface area contributed by atoms with Crippen molar-refractivity contribution < 1.29 is 38.1 Å². The lowest BCUT2D eigenvalue weighted by Gasteiger charge is -2.23. The van der Waals surface area contributed by atoms with Crippen molar-refractivity contribution in [2.75, 3.05) is 78.9 Å². The molecular weight excluding hydrogens is 741 g/mol. The lowest BCUT2D eigenvalue weighted by molar-refractivity contribution is 0.0559. The Morgan fingerprint density at radius 3 is 1.22 bits per heavy atom. The van der Waals surface area contributed by atoms with Gasteiger partial charge >= 0.3 is 23.9 Å². The van der Waals surface area contributed by atoms with E-state index in [2.05, 4.69) is 24.3 Å². The van der Waals surface area contributed by atoms with Crippen LogP contribution in [-0.4, -0.2) is 102 Å². The SMILES string of the molecule is COC(=O)c1c(C(=O)OC)c2c(SC)c(C(c3ccccc3)c3c(SC)c4c(C(=O)OC)c(C(=O)OC)c5cc(N(C)C)cc3n54)c3cc(N(C)C)cc1n32. The van der Waals surface area contributed by atoms with Crippen molar-refractivity contribution in [3.8, 4) is 0 Å². The van der Waals surface area contributed by atoms with Crippen LogP contribution in [-0.2, 0) is 18.9 Å². The van der Waals surface area contributed by atoms with E-state index in [1.54, 1.807) is 0 Å². The number of hydrogen-bond donors (Lipinski definition) is 0. The number of thioether (sulfide) groups is 2. The number of rotatable bonds is 11. The predicted octanol–water partition coefficient (Wildman–Crippen LogP) is 7.28. The number of ether oxygens (including phenoxy) is 4. The molecule has 0 aliphatic heterocycles. The molecule has 0 aliphatic rings. The van der Waals surface area contributed by atoms with Crippen LogP contribution >= 0.6 is 23.5 Å². The monoisotopic (exact) mass is 780 g/mol. The van der Waals surface area contributed by atoms with Crippen LogP contribution < -0.4 is 9.80 Å². The summed E-state index contributed by atoms with van der Waals surface area (Å²) in [5.41, 5.74) is 8.36. The Morgan fingerprint density at radius 2 is 0.891 bits per heavy atom. The van der Waals surface area contributed by atoms with Gasteiger partial charge in [0.1, 0.15) is 22.3 Å². The Kier molecular flexibility index (Phi) is 9.76. The second-order valence-corrected chi connectivity index (χ2v) is 15.0. The summed E-state index contributed by atoms with van der Waals surface area (Å²) in [6, 6.07) is 17.9. The van der Waals surface area contributed by atoms with Gasteiger partial charge in [-0.15, -0.1) is 23.5 Å². The van der Waals surface area contributed by atoms with Crippen molar-refractivity contribution in [3.63, 3.8) is 0 Å². The van der Waals surface area contributed by atoms with Crippen molar-refractivity contribution in [3.05, 3.63) is 93.5 Å². The molecule has 55 heavy (non-hydrogen) atoms. The van der Waals surface area contributed by atoms with Gasteiger partial charge in [-0.2, -0.15) is 0 Å². The van der Waals surface area contributed by atoms with Crippen LogP contribution in [0.2, 0.25) is 0 Å². The zero-order valence-electron chi connectivity index (χ0n) is 32.1. The van der Waals surface area contributed by atoms with E-state index in [1.807, 2.05) is 89.6 Å².